The van der Waals surface area contributed by atoms with Crippen LogP contribution < -0.4 is 0 Å². The minimum Gasteiger partial charge on any atom is -0.495 e. The maximum Gasteiger partial charge on any atom is 0.340 e. The molecule has 0 N–H and O–H groups in total. The van der Waals surface area contributed by atoms with E-state index in [1.807, 2.05) is 0 Å². The van der Waals surface area contributed by atoms with Gasteiger partial charge >= 0.3 is 5.97 Å². The lowest BCUT2D eigenvalue weighted by atomic mass is 10.3. The number of carbonyl (C=O) groups excluding carboxylic acids is 1. The van der Waals surface area contributed by atoms with Crippen molar-refractivity contribution in [2.24, 2.45) is 0 Å². The molecule has 1 heterocycles. The Bertz CT molecular complexity index is 137. The fourth-order valence-corrected chi connectivity index (χ4v) is 0.405. The zero-order valence-corrected chi connectivity index (χ0v) is 4.51. The Morgan fingerprint density at radius 2 is 2.62 bits per heavy atom. The van der Waals surface area contributed by atoms with Crippen LogP contribution in [0.3, 0.4) is 0 Å². The van der Waals surface area contributed by atoms with Crippen LogP contribution >= 0.6 is 0 Å². The Hall–Kier alpha value is -0.990. The highest BCUT2D eigenvalue weighted by Crippen LogP contribution is 2.07. The summed E-state index contributed by atoms with van der Waals surface area (Å²) in [6.45, 7) is 0.396. The minimum absolute atomic E-state index is 0.295. The minimum atomic E-state index is -0.295. The molecule has 0 aromatic carbocycles. The van der Waals surface area contributed by atoms with E-state index in [4.69, 9.17) is 0 Å². The summed E-state index contributed by atoms with van der Waals surface area (Å²) in [5.41, 5.74) is 0.604. The third kappa shape index (κ3) is 0.665. The Kier molecular flexibility index (Phi) is 1.20. The summed E-state index contributed by atoms with van der Waals surface area (Å²) in [6, 6.07) is 0. The first kappa shape index (κ1) is 5.15. The van der Waals surface area contributed by atoms with E-state index in [1.165, 1.54) is 13.4 Å². The van der Waals surface area contributed by atoms with Crippen molar-refractivity contribution < 1.29 is 14.3 Å². The second-order valence-corrected chi connectivity index (χ2v) is 1.45. The molecule has 1 aliphatic heterocycles. The lowest BCUT2D eigenvalue weighted by Gasteiger charge is -2.11. The number of carbonyl (C=O) groups is 1. The predicted octanol–water partition coefficient (Wildman–Crippen LogP) is 0.0735. The van der Waals surface area contributed by atoms with Crippen molar-refractivity contribution in [3.8, 4) is 0 Å². The van der Waals surface area contributed by atoms with Crippen LogP contribution in [0.5, 0.6) is 0 Å². The van der Waals surface area contributed by atoms with Gasteiger partial charge in [0.2, 0.25) is 0 Å². The van der Waals surface area contributed by atoms with Crippen molar-refractivity contribution in [2.45, 2.75) is 0 Å². The molecule has 0 saturated heterocycles. The van der Waals surface area contributed by atoms with Crippen molar-refractivity contribution >= 4 is 5.97 Å². The van der Waals surface area contributed by atoms with Crippen molar-refractivity contribution in [1.29, 1.82) is 0 Å². The number of ether oxygens (including phenoxy) is 2. The maximum absolute atomic E-state index is 10.4. The normalized spacial score (nSPS) is 15.4. The second kappa shape index (κ2) is 1.86. The molecule has 0 spiro atoms. The number of rotatable bonds is 1. The first-order chi connectivity index (χ1) is 3.84. The molecule has 0 unspecified atom stereocenters. The smallest absolute Gasteiger partial charge is 0.340 e. The number of hydrogen-bond acceptors (Lipinski definition) is 3. The van der Waals surface area contributed by atoms with Gasteiger partial charge in [0.1, 0.15) is 12.2 Å². The van der Waals surface area contributed by atoms with Gasteiger partial charge in [-0.15, -0.1) is 0 Å². The van der Waals surface area contributed by atoms with Crippen molar-refractivity contribution in [1.82, 2.24) is 0 Å². The monoisotopic (exact) mass is 114 g/mol. The van der Waals surface area contributed by atoms with Gasteiger partial charge in [0.15, 0.2) is 0 Å². The van der Waals surface area contributed by atoms with E-state index < -0.39 is 0 Å². The van der Waals surface area contributed by atoms with Crippen LogP contribution in [0.2, 0.25) is 0 Å². The number of methoxy groups -OCH3 is 1. The molecule has 0 aromatic heterocycles. The molecular weight excluding hydrogens is 108 g/mol. The molecule has 3 heteroatoms. The van der Waals surface area contributed by atoms with Crippen LogP contribution in [-0.4, -0.2) is 19.7 Å². The average molecular weight is 114 g/mol. The van der Waals surface area contributed by atoms with Crippen molar-refractivity contribution in [2.75, 3.05) is 13.7 Å². The van der Waals surface area contributed by atoms with Crippen LogP contribution in [0.15, 0.2) is 11.8 Å². The highest BCUT2D eigenvalue weighted by atomic mass is 16.5. The Balaban J connectivity index is 2.47. The van der Waals surface area contributed by atoms with Crippen molar-refractivity contribution in [3.63, 3.8) is 0 Å². The quantitative estimate of drug-likeness (QED) is 0.452. The number of hydrogen-bond donors (Lipinski definition) is 0. The molecular formula is C5H6O3. The van der Waals surface area contributed by atoms with Crippen LogP contribution in [0.1, 0.15) is 0 Å². The highest BCUT2D eigenvalue weighted by molar-refractivity contribution is 5.89. The lowest BCUT2D eigenvalue weighted by molar-refractivity contribution is -0.137. The molecule has 0 radical (unpaired) electrons. The molecule has 0 saturated carbocycles. The second-order valence-electron chi connectivity index (χ2n) is 1.45. The summed E-state index contributed by atoms with van der Waals surface area (Å²) in [6.07, 6.45) is 1.39. The molecule has 8 heavy (non-hydrogen) atoms. The van der Waals surface area contributed by atoms with E-state index in [0.717, 1.165) is 0 Å². The van der Waals surface area contributed by atoms with E-state index in [0.29, 0.717) is 12.2 Å². The third-order valence-corrected chi connectivity index (χ3v) is 0.912. The van der Waals surface area contributed by atoms with E-state index in [1.54, 1.807) is 0 Å². The first-order valence-corrected chi connectivity index (χ1v) is 2.23. The van der Waals surface area contributed by atoms with Gasteiger partial charge in [-0.1, -0.05) is 0 Å². The lowest BCUT2D eigenvalue weighted by Crippen LogP contribution is -2.16. The predicted molar refractivity (Wildman–Crippen MR) is 26.1 cm³/mol. The van der Waals surface area contributed by atoms with Gasteiger partial charge in [0.25, 0.3) is 0 Å². The zero-order chi connectivity index (χ0) is 5.98. The van der Waals surface area contributed by atoms with Gasteiger partial charge < -0.3 is 9.47 Å². The van der Waals surface area contributed by atoms with Crippen molar-refractivity contribution in [3.05, 3.63) is 11.8 Å². The van der Waals surface area contributed by atoms with E-state index in [-0.39, 0.29) is 5.97 Å². The van der Waals surface area contributed by atoms with Crippen LogP contribution in [0, 0.1) is 0 Å². The molecule has 0 aromatic rings. The Morgan fingerprint density at radius 1 is 2.00 bits per heavy atom. The van der Waals surface area contributed by atoms with Gasteiger partial charge in [0, 0.05) is 0 Å². The average Bonchev–Trinajstić information content (AvgIpc) is 1.62. The van der Waals surface area contributed by atoms with Crippen LogP contribution in [0.4, 0.5) is 0 Å². The molecule has 0 fully saturated rings. The molecule has 0 aliphatic carbocycles. The zero-order valence-electron chi connectivity index (χ0n) is 4.51. The summed E-state index contributed by atoms with van der Waals surface area (Å²) in [4.78, 5) is 10.4. The Labute approximate surface area is 46.9 Å². The fourth-order valence-electron chi connectivity index (χ4n) is 0.405. The topological polar surface area (TPSA) is 35.5 Å². The Morgan fingerprint density at radius 3 is 2.75 bits per heavy atom. The summed E-state index contributed by atoms with van der Waals surface area (Å²) in [5.74, 6) is -0.295. The maximum atomic E-state index is 10.4. The SMILES string of the molecule is COC(=O)C1=COC1. The molecule has 1 rings (SSSR count). The van der Waals surface area contributed by atoms with Crippen LogP contribution in [0.25, 0.3) is 0 Å². The van der Waals surface area contributed by atoms with Crippen LogP contribution in [-0.2, 0) is 14.3 Å². The first-order valence-electron chi connectivity index (χ1n) is 2.23. The van der Waals surface area contributed by atoms with E-state index in [9.17, 15) is 4.79 Å². The van der Waals surface area contributed by atoms with Gasteiger partial charge in [0.05, 0.1) is 13.4 Å². The summed E-state index contributed by atoms with van der Waals surface area (Å²) >= 11 is 0. The standard InChI is InChI=1S/C5H6O3/c1-7-5(6)4-2-8-3-4/h2H,3H2,1H3. The van der Waals surface area contributed by atoms with Gasteiger partial charge in [-0.3, -0.25) is 0 Å². The number of esters is 1. The summed E-state index contributed by atoms with van der Waals surface area (Å²) in [7, 11) is 1.35. The third-order valence-electron chi connectivity index (χ3n) is 0.912. The summed E-state index contributed by atoms with van der Waals surface area (Å²) < 4.78 is 8.96. The summed E-state index contributed by atoms with van der Waals surface area (Å²) in [5, 5.41) is 0. The molecule has 1 aliphatic rings. The highest BCUT2D eigenvalue weighted by Gasteiger charge is 2.15. The van der Waals surface area contributed by atoms with Gasteiger partial charge in [-0.05, 0) is 0 Å². The van der Waals surface area contributed by atoms with Gasteiger partial charge in [-0.2, -0.15) is 0 Å². The van der Waals surface area contributed by atoms with Gasteiger partial charge in [-0.25, -0.2) is 4.79 Å². The van der Waals surface area contributed by atoms with E-state index >= 15 is 0 Å². The molecule has 0 bridgehead atoms. The molecule has 44 valence electrons. The molecule has 0 amide bonds. The molecule has 3 nitrogen and oxygen atoms in total. The fraction of sp³-hybridized carbons (Fsp3) is 0.400. The van der Waals surface area contributed by atoms with E-state index in [2.05, 4.69) is 9.47 Å². The largest absolute Gasteiger partial charge is 0.495 e. The molecule has 0 atom stereocenters.